The van der Waals surface area contributed by atoms with Crippen LogP contribution in [0.2, 0.25) is 0 Å². The van der Waals surface area contributed by atoms with Gasteiger partial charge >= 0.3 is 6.18 Å². The number of aromatic nitrogens is 3. The van der Waals surface area contributed by atoms with E-state index in [9.17, 15) is 13.2 Å². The van der Waals surface area contributed by atoms with Gasteiger partial charge in [-0.2, -0.15) is 13.2 Å². The average molecular weight is 425 g/mol. The number of nitrogens with zero attached hydrogens (tertiary/aromatic N) is 3. The van der Waals surface area contributed by atoms with Gasteiger partial charge in [0.15, 0.2) is 5.65 Å². The third-order valence-corrected chi connectivity index (χ3v) is 5.24. The number of aryl methyl sites for hydroxylation is 1. The second-order valence-electron chi connectivity index (χ2n) is 7.76. The molecule has 0 saturated heterocycles. The molecule has 2 heterocycles. The zero-order valence-corrected chi connectivity index (χ0v) is 17.7. The first-order valence-corrected chi connectivity index (χ1v) is 9.89. The number of alkyl halides is 3. The molecule has 31 heavy (non-hydrogen) atoms. The zero-order chi connectivity index (χ0) is 22.3. The molecule has 4 aromatic rings. The number of imidazole rings is 1. The molecule has 7 heteroatoms. The van der Waals surface area contributed by atoms with Crippen molar-refractivity contribution >= 4 is 5.65 Å². The molecule has 0 atom stereocenters. The van der Waals surface area contributed by atoms with E-state index in [-0.39, 0.29) is 5.92 Å². The molecule has 0 unspecified atom stereocenters. The molecule has 0 bridgehead atoms. The number of rotatable bonds is 4. The maximum Gasteiger partial charge on any atom is 0.416 e. The first-order chi connectivity index (χ1) is 14.7. The second-order valence-corrected chi connectivity index (χ2v) is 7.76. The Balaban J connectivity index is 1.92. The van der Waals surface area contributed by atoms with Crippen molar-refractivity contribution in [2.75, 3.05) is 7.11 Å². The van der Waals surface area contributed by atoms with Crippen LogP contribution in [-0.4, -0.2) is 21.5 Å². The Morgan fingerprint density at radius 3 is 2.45 bits per heavy atom. The standard InChI is InChI=1S/C24H22F3N3O/c1-14(2)22-23(17-8-9-20(31-4)15(3)10-17)30-13-19(28-12-21(30)29-22)16-6-5-7-18(11-16)24(25,26)27/h5-14H,1-4H3. The van der Waals surface area contributed by atoms with E-state index < -0.39 is 11.7 Å². The Kier molecular flexibility index (Phi) is 5.21. The fourth-order valence-electron chi connectivity index (χ4n) is 3.69. The molecule has 2 aromatic carbocycles. The molecule has 0 aliphatic heterocycles. The second kappa shape index (κ2) is 7.72. The zero-order valence-electron chi connectivity index (χ0n) is 17.7. The van der Waals surface area contributed by atoms with Gasteiger partial charge in [-0.05, 0) is 48.7 Å². The van der Waals surface area contributed by atoms with Crippen molar-refractivity contribution in [1.82, 2.24) is 14.4 Å². The van der Waals surface area contributed by atoms with Gasteiger partial charge in [0, 0.05) is 17.3 Å². The summed E-state index contributed by atoms with van der Waals surface area (Å²) in [5, 5.41) is 0. The van der Waals surface area contributed by atoms with E-state index in [1.54, 1.807) is 25.6 Å². The molecular weight excluding hydrogens is 403 g/mol. The highest BCUT2D eigenvalue weighted by Gasteiger charge is 2.30. The molecule has 0 spiro atoms. The van der Waals surface area contributed by atoms with Gasteiger partial charge in [0.05, 0.1) is 36.0 Å². The molecule has 4 rings (SSSR count). The van der Waals surface area contributed by atoms with Crippen LogP contribution < -0.4 is 4.74 Å². The monoisotopic (exact) mass is 425 g/mol. The van der Waals surface area contributed by atoms with E-state index >= 15 is 0 Å². The van der Waals surface area contributed by atoms with Crippen LogP contribution in [0.3, 0.4) is 0 Å². The van der Waals surface area contributed by atoms with Gasteiger partial charge in [0.25, 0.3) is 0 Å². The fourth-order valence-corrected chi connectivity index (χ4v) is 3.69. The number of halogens is 3. The van der Waals surface area contributed by atoms with Crippen molar-refractivity contribution < 1.29 is 17.9 Å². The van der Waals surface area contributed by atoms with Crippen molar-refractivity contribution in [3.8, 4) is 28.3 Å². The number of methoxy groups -OCH3 is 1. The molecule has 0 amide bonds. The summed E-state index contributed by atoms with van der Waals surface area (Å²) in [7, 11) is 1.63. The summed E-state index contributed by atoms with van der Waals surface area (Å²) >= 11 is 0. The minimum Gasteiger partial charge on any atom is -0.496 e. The largest absolute Gasteiger partial charge is 0.496 e. The Morgan fingerprint density at radius 1 is 1.03 bits per heavy atom. The maximum absolute atomic E-state index is 13.2. The summed E-state index contributed by atoms with van der Waals surface area (Å²) in [6.07, 6.45) is -1.06. The molecule has 0 aliphatic rings. The lowest BCUT2D eigenvalue weighted by Crippen LogP contribution is -2.04. The van der Waals surface area contributed by atoms with Crippen molar-refractivity contribution in [1.29, 1.82) is 0 Å². The average Bonchev–Trinajstić information content (AvgIpc) is 3.12. The molecule has 2 aromatic heterocycles. The predicted octanol–water partition coefficient (Wildman–Crippen LogP) is 6.52. The number of hydrogen-bond acceptors (Lipinski definition) is 3. The van der Waals surface area contributed by atoms with Gasteiger partial charge in [-0.15, -0.1) is 0 Å². The first-order valence-electron chi connectivity index (χ1n) is 9.89. The van der Waals surface area contributed by atoms with Gasteiger partial charge in [0.2, 0.25) is 0 Å². The van der Waals surface area contributed by atoms with E-state index in [4.69, 9.17) is 9.72 Å². The molecule has 160 valence electrons. The summed E-state index contributed by atoms with van der Waals surface area (Å²) in [4.78, 5) is 9.12. The highest BCUT2D eigenvalue weighted by atomic mass is 19.4. The quantitative estimate of drug-likeness (QED) is 0.374. The van der Waals surface area contributed by atoms with E-state index in [0.29, 0.717) is 16.9 Å². The summed E-state index contributed by atoms with van der Waals surface area (Å²) in [6, 6.07) is 11.1. The minimum absolute atomic E-state index is 0.148. The number of fused-ring (bicyclic) bond motifs is 1. The lowest BCUT2D eigenvalue weighted by molar-refractivity contribution is -0.137. The van der Waals surface area contributed by atoms with Crippen molar-refractivity contribution in [3.63, 3.8) is 0 Å². The predicted molar refractivity (Wildman–Crippen MR) is 114 cm³/mol. The fraction of sp³-hybridized carbons (Fsp3) is 0.250. The van der Waals surface area contributed by atoms with Gasteiger partial charge < -0.3 is 4.74 Å². The van der Waals surface area contributed by atoms with Crippen molar-refractivity contribution in [3.05, 3.63) is 71.7 Å². The normalized spacial score (nSPS) is 12.0. The van der Waals surface area contributed by atoms with Crippen LogP contribution in [0.5, 0.6) is 5.75 Å². The van der Waals surface area contributed by atoms with Gasteiger partial charge in [-0.25, -0.2) is 4.98 Å². The Bertz CT molecular complexity index is 1260. The van der Waals surface area contributed by atoms with Crippen LogP contribution in [0.15, 0.2) is 54.9 Å². The number of benzene rings is 2. The van der Waals surface area contributed by atoms with E-state index in [0.717, 1.165) is 40.4 Å². The molecule has 0 N–H and O–H groups in total. The summed E-state index contributed by atoms with van der Waals surface area (Å²) < 4.78 is 46.8. The maximum atomic E-state index is 13.2. The van der Waals surface area contributed by atoms with Crippen LogP contribution in [-0.2, 0) is 6.18 Å². The lowest BCUT2D eigenvalue weighted by atomic mass is 10.0. The topological polar surface area (TPSA) is 39.4 Å². The van der Waals surface area contributed by atoms with Crippen LogP contribution in [0.25, 0.3) is 28.2 Å². The van der Waals surface area contributed by atoms with Crippen LogP contribution >= 0.6 is 0 Å². The molecule has 0 aliphatic carbocycles. The highest BCUT2D eigenvalue weighted by Crippen LogP contribution is 2.35. The molecule has 0 saturated carbocycles. The molecule has 0 fully saturated rings. The molecular formula is C24H22F3N3O. The van der Waals surface area contributed by atoms with Crippen LogP contribution in [0, 0.1) is 6.92 Å². The first kappa shape index (κ1) is 20.9. The summed E-state index contributed by atoms with van der Waals surface area (Å²) in [6.45, 7) is 6.09. The lowest BCUT2D eigenvalue weighted by Gasteiger charge is -2.12. The van der Waals surface area contributed by atoms with Crippen LogP contribution in [0.1, 0.15) is 36.6 Å². The Labute approximate surface area is 178 Å². The van der Waals surface area contributed by atoms with E-state index in [1.165, 1.54) is 6.07 Å². The van der Waals surface area contributed by atoms with Crippen molar-refractivity contribution in [2.45, 2.75) is 32.9 Å². The smallest absolute Gasteiger partial charge is 0.416 e. The van der Waals surface area contributed by atoms with E-state index in [1.807, 2.05) is 29.5 Å². The number of ether oxygens (including phenoxy) is 1. The molecule has 0 radical (unpaired) electrons. The Morgan fingerprint density at radius 2 is 1.81 bits per heavy atom. The SMILES string of the molecule is COc1ccc(-c2c(C(C)C)nc3cnc(-c4cccc(C(F)(F)F)c4)cn23)cc1C. The van der Waals surface area contributed by atoms with Gasteiger partial charge in [0.1, 0.15) is 5.75 Å². The third-order valence-electron chi connectivity index (χ3n) is 5.24. The Hall–Kier alpha value is -3.35. The van der Waals surface area contributed by atoms with Crippen LogP contribution in [0.4, 0.5) is 13.2 Å². The molecule has 4 nitrogen and oxygen atoms in total. The van der Waals surface area contributed by atoms with Crippen molar-refractivity contribution in [2.24, 2.45) is 0 Å². The third kappa shape index (κ3) is 3.87. The summed E-state index contributed by atoms with van der Waals surface area (Å²) in [5.41, 5.74) is 4.51. The summed E-state index contributed by atoms with van der Waals surface area (Å²) in [5.74, 6) is 0.935. The minimum atomic E-state index is -4.41. The van der Waals surface area contributed by atoms with E-state index in [2.05, 4.69) is 18.8 Å². The van der Waals surface area contributed by atoms with Gasteiger partial charge in [-0.1, -0.05) is 26.0 Å². The highest BCUT2D eigenvalue weighted by molar-refractivity contribution is 5.71. The number of hydrogen-bond donors (Lipinski definition) is 0. The van der Waals surface area contributed by atoms with Gasteiger partial charge in [-0.3, -0.25) is 9.38 Å².